The standard InChI is InChI=1S/C39H39NO6S/c41-36(10-6-24-47(43,44)45)31-14-12-27(13-15-31)25-35(30-18-16-29(17-19-30)28-7-2-1-3-8-28)39(42)40-34-22-20-32(21-23-34)38-26-33-9-4-5-11-37(33)46-38/h4-5,9,11-23,26,28,35H,1-3,6-8,10,24-25H2,(H,40,42)(H,43,44,45). The highest BCUT2D eigenvalue weighted by molar-refractivity contribution is 7.85. The Labute approximate surface area is 275 Å². The number of fused-ring (bicyclic) bond motifs is 1. The van der Waals surface area contributed by atoms with E-state index >= 15 is 0 Å². The molecule has 1 saturated carbocycles. The van der Waals surface area contributed by atoms with Crippen molar-refractivity contribution in [2.75, 3.05) is 11.1 Å². The van der Waals surface area contributed by atoms with Gasteiger partial charge < -0.3 is 9.73 Å². The zero-order valence-corrected chi connectivity index (χ0v) is 27.0. The fourth-order valence-corrected chi connectivity index (χ4v) is 7.00. The summed E-state index contributed by atoms with van der Waals surface area (Å²) in [5, 5.41) is 4.15. The predicted octanol–water partition coefficient (Wildman–Crippen LogP) is 8.96. The van der Waals surface area contributed by atoms with Crippen LogP contribution in [0, 0.1) is 0 Å². The summed E-state index contributed by atoms with van der Waals surface area (Å²) in [5.41, 5.74) is 6.04. The van der Waals surface area contributed by atoms with Gasteiger partial charge in [0.2, 0.25) is 5.91 Å². The van der Waals surface area contributed by atoms with Gasteiger partial charge in [0.1, 0.15) is 11.3 Å². The lowest BCUT2D eigenvalue weighted by Gasteiger charge is -2.23. The summed E-state index contributed by atoms with van der Waals surface area (Å²) in [6.45, 7) is 0. The maximum absolute atomic E-state index is 13.9. The second-order valence-corrected chi connectivity index (χ2v) is 14.1. The van der Waals surface area contributed by atoms with Crippen LogP contribution >= 0.6 is 0 Å². The molecule has 1 heterocycles. The van der Waals surface area contributed by atoms with E-state index < -0.39 is 21.8 Å². The number of hydrogen-bond donors (Lipinski definition) is 2. The number of Topliss-reactive ketones (excluding diaryl/α,β-unsaturated/α-hetero) is 1. The molecule has 1 fully saturated rings. The highest BCUT2D eigenvalue weighted by atomic mass is 32.2. The number of ketones is 1. The van der Waals surface area contributed by atoms with Crippen LogP contribution in [-0.2, 0) is 21.3 Å². The van der Waals surface area contributed by atoms with Gasteiger partial charge in [0.05, 0.1) is 11.7 Å². The van der Waals surface area contributed by atoms with Gasteiger partial charge in [0.25, 0.3) is 10.1 Å². The van der Waals surface area contributed by atoms with Crippen LogP contribution in [0.25, 0.3) is 22.3 Å². The van der Waals surface area contributed by atoms with Crippen molar-refractivity contribution >= 4 is 38.5 Å². The van der Waals surface area contributed by atoms with E-state index in [1.54, 1.807) is 12.1 Å². The number of hydrogen-bond acceptors (Lipinski definition) is 5. The van der Waals surface area contributed by atoms with Crippen molar-refractivity contribution in [2.45, 2.75) is 63.2 Å². The molecule has 1 amide bonds. The average molecular weight is 650 g/mol. The van der Waals surface area contributed by atoms with Gasteiger partial charge >= 0.3 is 0 Å². The summed E-state index contributed by atoms with van der Waals surface area (Å²) in [6, 6.07) is 33.1. The molecule has 4 aromatic carbocycles. The number of para-hydroxylation sites is 1. The number of benzene rings is 4. The molecule has 5 aromatic rings. The summed E-state index contributed by atoms with van der Waals surface area (Å²) < 4.78 is 36.9. The van der Waals surface area contributed by atoms with Gasteiger partial charge in [-0.05, 0) is 84.7 Å². The first-order valence-corrected chi connectivity index (χ1v) is 17.9. The summed E-state index contributed by atoms with van der Waals surface area (Å²) in [7, 11) is -4.10. The molecule has 242 valence electrons. The van der Waals surface area contributed by atoms with Crippen LogP contribution in [-0.4, -0.2) is 30.4 Å². The van der Waals surface area contributed by atoms with Crippen molar-refractivity contribution in [3.05, 3.63) is 125 Å². The largest absolute Gasteiger partial charge is 0.456 e. The second kappa shape index (κ2) is 14.5. The Bertz CT molecular complexity index is 1900. The van der Waals surface area contributed by atoms with Gasteiger partial charge in [0, 0.05) is 28.6 Å². The third kappa shape index (κ3) is 8.44. The van der Waals surface area contributed by atoms with Crippen LogP contribution in [0.4, 0.5) is 5.69 Å². The number of carbonyl (C=O) groups excluding carboxylic acids is 2. The molecule has 0 saturated heterocycles. The van der Waals surface area contributed by atoms with Crippen molar-refractivity contribution < 1.29 is 27.0 Å². The average Bonchev–Trinajstić information content (AvgIpc) is 3.52. The van der Waals surface area contributed by atoms with Crippen molar-refractivity contribution in [3.63, 3.8) is 0 Å². The molecule has 1 unspecified atom stereocenters. The normalized spacial score (nSPS) is 14.6. The van der Waals surface area contributed by atoms with E-state index in [1.807, 2.05) is 66.7 Å². The van der Waals surface area contributed by atoms with Crippen LogP contribution in [0.5, 0.6) is 0 Å². The maximum atomic E-state index is 13.9. The Morgan fingerprint density at radius 3 is 2.23 bits per heavy atom. The first-order valence-electron chi connectivity index (χ1n) is 16.3. The Morgan fingerprint density at radius 1 is 0.851 bits per heavy atom. The topological polar surface area (TPSA) is 114 Å². The summed E-state index contributed by atoms with van der Waals surface area (Å²) in [5.74, 6) is 0.0895. The lowest BCUT2D eigenvalue weighted by molar-refractivity contribution is -0.117. The number of nitrogens with one attached hydrogen (secondary N) is 1. The van der Waals surface area contributed by atoms with Crippen LogP contribution in [0.2, 0.25) is 0 Å². The number of furan rings is 1. The van der Waals surface area contributed by atoms with Crippen LogP contribution in [0.1, 0.15) is 83.8 Å². The third-order valence-corrected chi connectivity index (χ3v) is 9.92. The Hall–Kier alpha value is -4.53. The summed E-state index contributed by atoms with van der Waals surface area (Å²) in [6.07, 6.45) is 6.72. The molecule has 7 nitrogen and oxygen atoms in total. The molecular formula is C39H39NO6S. The monoisotopic (exact) mass is 649 g/mol. The van der Waals surface area contributed by atoms with E-state index in [4.69, 9.17) is 8.97 Å². The lowest BCUT2D eigenvalue weighted by atomic mass is 9.83. The first kappa shape index (κ1) is 32.4. The third-order valence-electron chi connectivity index (χ3n) is 9.12. The van der Waals surface area contributed by atoms with Gasteiger partial charge in [-0.1, -0.05) is 86.0 Å². The Kier molecular flexibility index (Phi) is 9.99. The molecule has 1 aliphatic carbocycles. The molecular weight excluding hydrogens is 610 g/mol. The maximum Gasteiger partial charge on any atom is 0.264 e. The van der Waals surface area contributed by atoms with Gasteiger partial charge in [-0.2, -0.15) is 8.42 Å². The first-order chi connectivity index (χ1) is 22.7. The highest BCUT2D eigenvalue weighted by Gasteiger charge is 2.23. The van der Waals surface area contributed by atoms with E-state index in [0.717, 1.165) is 33.4 Å². The number of amides is 1. The minimum atomic E-state index is -4.10. The lowest BCUT2D eigenvalue weighted by Crippen LogP contribution is -2.23. The number of rotatable bonds is 12. The fourth-order valence-electron chi connectivity index (χ4n) is 6.49. The highest BCUT2D eigenvalue weighted by Crippen LogP contribution is 2.34. The molecule has 1 aliphatic rings. The molecule has 0 spiro atoms. The number of anilines is 1. The molecule has 6 rings (SSSR count). The van der Waals surface area contributed by atoms with Gasteiger partial charge in [-0.15, -0.1) is 0 Å². The molecule has 1 aromatic heterocycles. The van der Waals surface area contributed by atoms with E-state index in [1.165, 1.54) is 37.7 Å². The Morgan fingerprint density at radius 2 is 1.55 bits per heavy atom. The van der Waals surface area contributed by atoms with E-state index in [2.05, 4.69) is 29.6 Å². The van der Waals surface area contributed by atoms with Crippen LogP contribution in [0.3, 0.4) is 0 Å². The Balaban J connectivity index is 1.18. The van der Waals surface area contributed by atoms with Gasteiger partial charge in [-0.3, -0.25) is 14.1 Å². The second-order valence-electron chi connectivity index (χ2n) is 12.5. The molecule has 2 N–H and O–H groups in total. The number of carbonyl (C=O) groups is 2. The molecule has 0 aliphatic heterocycles. The van der Waals surface area contributed by atoms with Gasteiger partial charge in [0.15, 0.2) is 5.78 Å². The summed E-state index contributed by atoms with van der Waals surface area (Å²) in [4.78, 5) is 26.5. The van der Waals surface area contributed by atoms with Crippen LogP contribution < -0.4 is 5.32 Å². The van der Waals surface area contributed by atoms with E-state index in [0.29, 0.717) is 23.6 Å². The molecule has 0 bridgehead atoms. The SMILES string of the molecule is O=C(CCCS(=O)(=O)O)c1ccc(CC(C(=O)Nc2ccc(-c3cc4ccccc4o3)cc2)c2ccc(C3CCCCC3)cc2)cc1. The van der Waals surface area contributed by atoms with Crippen LogP contribution in [0.15, 0.2) is 108 Å². The predicted molar refractivity (Wildman–Crippen MR) is 185 cm³/mol. The molecule has 1 atom stereocenters. The van der Waals surface area contributed by atoms with Gasteiger partial charge in [-0.25, -0.2) is 0 Å². The smallest absolute Gasteiger partial charge is 0.264 e. The van der Waals surface area contributed by atoms with Crippen molar-refractivity contribution in [1.29, 1.82) is 0 Å². The molecule has 8 heteroatoms. The van der Waals surface area contributed by atoms with Crippen molar-refractivity contribution in [3.8, 4) is 11.3 Å². The summed E-state index contributed by atoms with van der Waals surface area (Å²) >= 11 is 0. The van der Waals surface area contributed by atoms with E-state index in [-0.39, 0.29) is 24.5 Å². The minimum absolute atomic E-state index is 0.0205. The van der Waals surface area contributed by atoms with Crippen molar-refractivity contribution in [2.24, 2.45) is 0 Å². The quantitative estimate of drug-likeness (QED) is 0.103. The van der Waals surface area contributed by atoms with Crippen molar-refractivity contribution in [1.82, 2.24) is 0 Å². The molecule has 0 radical (unpaired) electrons. The zero-order valence-electron chi connectivity index (χ0n) is 26.2. The minimum Gasteiger partial charge on any atom is -0.456 e. The fraction of sp³-hybridized carbons (Fsp3) is 0.282. The van der Waals surface area contributed by atoms with E-state index in [9.17, 15) is 18.0 Å². The zero-order chi connectivity index (χ0) is 32.8. The molecule has 47 heavy (non-hydrogen) atoms.